The summed E-state index contributed by atoms with van der Waals surface area (Å²) in [6.07, 6.45) is -3.27. The van der Waals surface area contributed by atoms with Crippen LogP contribution >= 0.6 is 0 Å². The predicted octanol–water partition coefficient (Wildman–Crippen LogP) is 5.07. The van der Waals surface area contributed by atoms with E-state index in [1.807, 2.05) is 19.9 Å². The van der Waals surface area contributed by atoms with Crippen LogP contribution in [0.2, 0.25) is 0 Å². The third-order valence-electron chi connectivity index (χ3n) is 4.71. The van der Waals surface area contributed by atoms with Gasteiger partial charge in [-0.3, -0.25) is 0 Å². The molecule has 7 heteroatoms. The van der Waals surface area contributed by atoms with Crippen molar-refractivity contribution in [2.24, 2.45) is 0 Å². The minimum atomic E-state index is -4.82. The maximum atomic E-state index is 13.0. The van der Waals surface area contributed by atoms with Crippen molar-refractivity contribution >= 4 is 6.08 Å². The van der Waals surface area contributed by atoms with Crippen molar-refractivity contribution in [2.75, 3.05) is 19.8 Å². The zero-order chi connectivity index (χ0) is 21.2. The number of ether oxygens (including phenoxy) is 3. The summed E-state index contributed by atoms with van der Waals surface area (Å²) < 4.78 is 54.6. The maximum absolute atomic E-state index is 13.0. The van der Waals surface area contributed by atoms with E-state index in [9.17, 15) is 13.2 Å². The van der Waals surface area contributed by atoms with E-state index in [0.29, 0.717) is 23.5 Å². The molecule has 3 rings (SSSR count). The molecule has 1 aliphatic heterocycles. The molecule has 0 fully saturated rings. The summed E-state index contributed by atoms with van der Waals surface area (Å²) in [6, 6.07) is 8.06. The average molecular weight is 408 g/mol. The van der Waals surface area contributed by atoms with Gasteiger partial charge < -0.3 is 19.3 Å². The molecule has 0 spiro atoms. The highest BCUT2D eigenvalue weighted by Crippen LogP contribution is 2.48. The molecule has 0 aromatic heterocycles. The second-order valence-electron chi connectivity index (χ2n) is 7.48. The minimum Gasteiger partial charge on any atom is -0.492 e. The van der Waals surface area contributed by atoms with E-state index in [-0.39, 0.29) is 36.5 Å². The first kappa shape index (κ1) is 21.2. The first-order chi connectivity index (χ1) is 13.6. The summed E-state index contributed by atoms with van der Waals surface area (Å²) >= 11 is 0. The third kappa shape index (κ3) is 4.74. The number of halogens is 3. The van der Waals surface area contributed by atoms with Gasteiger partial charge in [0.1, 0.15) is 11.5 Å². The summed E-state index contributed by atoms with van der Waals surface area (Å²) in [6.45, 7) is 8.39. The minimum absolute atomic E-state index is 0.114. The first-order valence-electron chi connectivity index (χ1n) is 9.16. The Labute approximate surface area is 167 Å². The normalized spacial score (nSPS) is 15.0. The van der Waals surface area contributed by atoms with E-state index in [0.717, 1.165) is 11.1 Å². The van der Waals surface area contributed by atoms with Crippen molar-refractivity contribution in [3.8, 4) is 22.6 Å². The Morgan fingerprint density at radius 3 is 2.62 bits per heavy atom. The van der Waals surface area contributed by atoms with Crippen LogP contribution in [-0.2, 0) is 16.8 Å². The highest BCUT2D eigenvalue weighted by Gasteiger charge is 2.36. The fraction of sp³-hybridized carbons (Fsp3) is 0.364. The van der Waals surface area contributed by atoms with Crippen LogP contribution in [0.4, 0.5) is 13.2 Å². The predicted molar refractivity (Wildman–Crippen MR) is 104 cm³/mol. The van der Waals surface area contributed by atoms with E-state index in [2.05, 4.69) is 11.3 Å². The second-order valence-corrected chi connectivity index (χ2v) is 7.48. The number of hydrogen-bond acceptors (Lipinski definition) is 4. The molecule has 0 saturated heterocycles. The second kappa shape index (κ2) is 8.08. The van der Waals surface area contributed by atoms with E-state index in [1.165, 1.54) is 12.1 Å². The van der Waals surface area contributed by atoms with Crippen LogP contribution in [0.5, 0.6) is 11.5 Å². The summed E-state index contributed by atoms with van der Waals surface area (Å²) in [5.74, 6) is 0.223. The Bertz CT molecular complexity index is 904. The molecular formula is C22H23F3O4. The van der Waals surface area contributed by atoms with Crippen LogP contribution in [0.1, 0.15) is 30.5 Å². The van der Waals surface area contributed by atoms with Gasteiger partial charge >= 0.3 is 6.36 Å². The lowest BCUT2D eigenvalue weighted by Gasteiger charge is -2.19. The van der Waals surface area contributed by atoms with Crippen molar-refractivity contribution in [1.82, 2.24) is 0 Å². The molecule has 4 nitrogen and oxygen atoms in total. The molecule has 0 saturated carbocycles. The van der Waals surface area contributed by atoms with Crippen molar-refractivity contribution < 1.29 is 32.5 Å². The quantitative estimate of drug-likeness (QED) is 0.650. The van der Waals surface area contributed by atoms with Gasteiger partial charge in [-0.25, -0.2) is 0 Å². The van der Waals surface area contributed by atoms with Crippen LogP contribution in [-0.4, -0.2) is 31.3 Å². The smallest absolute Gasteiger partial charge is 0.492 e. The molecule has 0 bridgehead atoms. The average Bonchev–Trinajstić information content (AvgIpc) is 2.95. The standard InChI is InChI=1S/C22H23F3O4/c1-4-14-5-6-19(29-22(23,24)25)16(9-14)17-10-15(12-27-8-7-26)11-18-20(17)28-13-21(18,2)3/h4-6,9-11,26H,1,7-8,12-13H2,2-3H3. The van der Waals surface area contributed by atoms with Crippen LogP contribution in [0.3, 0.4) is 0 Å². The van der Waals surface area contributed by atoms with Crippen LogP contribution in [0, 0.1) is 0 Å². The Kier molecular flexibility index (Phi) is 5.91. The topological polar surface area (TPSA) is 47.9 Å². The molecule has 1 N–H and O–H groups in total. The van der Waals surface area contributed by atoms with Gasteiger partial charge in [-0.2, -0.15) is 0 Å². The number of hydrogen-bond donors (Lipinski definition) is 1. The summed E-state index contributed by atoms with van der Waals surface area (Å²) in [7, 11) is 0. The third-order valence-corrected chi connectivity index (χ3v) is 4.71. The summed E-state index contributed by atoms with van der Waals surface area (Å²) in [4.78, 5) is 0. The fourth-order valence-corrected chi connectivity index (χ4v) is 3.31. The van der Waals surface area contributed by atoms with Crippen LogP contribution in [0.25, 0.3) is 17.2 Å². The van der Waals surface area contributed by atoms with Gasteiger partial charge in [0, 0.05) is 22.1 Å². The summed E-state index contributed by atoms with van der Waals surface area (Å²) in [5.41, 5.74) is 2.77. The molecule has 2 aromatic carbocycles. The SMILES string of the molecule is C=Cc1ccc(OC(F)(F)F)c(-c2cc(COCCO)cc3c2OCC3(C)C)c1. The Hall–Kier alpha value is -2.51. The van der Waals surface area contributed by atoms with Crippen LogP contribution in [0.15, 0.2) is 36.9 Å². The van der Waals surface area contributed by atoms with Gasteiger partial charge in [0.2, 0.25) is 0 Å². The van der Waals surface area contributed by atoms with Crippen molar-refractivity contribution in [2.45, 2.75) is 32.2 Å². The number of aliphatic hydroxyl groups is 1. The van der Waals surface area contributed by atoms with Crippen molar-refractivity contribution in [3.05, 3.63) is 53.6 Å². The molecule has 2 aromatic rings. The number of benzene rings is 2. The molecule has 0 amide bonds. The molecule has 1 aliphatic rings. The molecule has 1 heterocycles. The zero-order valence-corrected chi connectivity index (χ0v) is 16.3. The van der Waals surface area contributed by atoms with E-state index < -0.39 is 6.36 Å². The number of fused-ring (bicyclic) bond motifs is 1. The Morgan fingerprint density at radius 2 is 1.97 bits per heavy atom. The lowest BCUT2D eigenvalue weighted by Crippen LogP contribution is -2.18. The van der Waals surface area contributed by atoms with Crippen molar-refractivity contribution in [1.29, 1.82) is 0 Å². The van der Waals surface area contributed by atoms with Gasteiger partial charge in [0.15, 0.2) is 0 Å². The van der Waals surface area contributed by atoms with Gasteiger partial charge in [-0.05, 0) is 35.4 Å². The van der Waals surface area contributed by atoms with Crippen molar-refractivity contribution in [3.63, 3.8) is 0 Å². The lowest BCUT2D eigenvalue weighted by atomic mass is 9.84. The molecular weight excluding hydrogens is 385 g/mol. The summed E-state index contributed by atoms with van der Waals surface area (Å²) in [5, 5.41) is 8.94. The highest BCUT2D eigenvalue weighted by molar-refractivity contribution is 5.80. The van der Waals surface area contributed by atoms with Crippen LogP contribution < -0.4 is 9.47 Å². The van der Waals surface area contributed by atoms with Gasteiger partial charge in [0.05, 0.1) is 26.4 Å². The molecule has 0 radical (unpaired) electrons. The Balaban J connectivity index is 2.18. The molecule has 0 unspecified atom stereocenters. The molecule has 29 heavy (non-hydrogen) atoms. The largest absolute Gasteiger partial charge is 0.573 e. The van der Waals surface area contributed by atoms with Gasteiger partial charge in [0.25, 0.3) is 0 Å². The first-order valence-corrected chi connectivity index (χ1v) is 9.16. The zero-order valence-electron chi connectivity index (χ0n) is 16.3. The van der Waals surface area contributed by atoms with E-state index in [4.69, 9.17) is 14.6 Å². The van der Waals surface area contributed by atoms with E-state index in [1.54, 1.807) is 18.2 Å². The Morgan fingerprint density at radius 1 is 1.21 bits per heavy atom. The lowest BCUT2D eigenvalue weighted by molar-refractivity contribution is -0.274. The molecule has 0 atom stereocenters. The molecule has 156 valence electrons. The maximum Gasteiger partial charge on any atom is 0.573 e. The van der Waals surface area contributed by atoms with E-state index >= 15 is 0 Å². The monoisotopic (exact) mass is 408 g/mol. The number of alkyl halides is 3. The number of rotatable bonds is 7. The van der Waals surface area contributed by atoms with Gasteiger partial charge in [-0.15, -0.1) is 13.2 Å². The highest BCUT2D eigenvalue weighted by atomic mass is 19.4. The fourth-order valence-electron chi connectivity index (χ4n) is 3.31. The number of aliphatic hydroxyl groups excluding tert-OH is 1. The molecule has 0 aliphatic carbocycles. The van der Waals surface area contributed by atoms with Gasteiger partial charge in [-0.1, -0.05) is 32.6 Å².